The largest absolute Gasteiger partial charge is 1.00 e. The number of carboxylic acids is 2. The molecule has 0 aromatic heterocycles. The van der Waals surface area contributed by atoms with Gasteiger partial charge in [0.25, 0.3) is 0 Å². The molecular formula is C16H24K2O4. The number of rotatable bonds is 9. The normalized spacial score (nSPS) is 13.1. The van der Waals surface area contributed by atoms with E-state index in [1.54, 1.807) is 6.08 Å². The Morgan fingerprint density at radius 3 is 2.00 bits per heavy atom. The first-order valence-corrected chi connectivity index (χ1v) is 7.05. The summed E-state index contributed by atoms with van der Waals surface area (Å²) in [5.41, 5.74) is 0.0873. The maximum Gasteiger partial charge on any atom is 1.00 e. The van der Waals surface area contributed by atoms with Gasteiger partial charge < -0.3 is 19.8 Å². The predicted molar refractivity (Wildman–Crippen MR) is 74.3 cm³/mol. The van der Waals surface area contributed by atoms with Crippen molar-refractivity contribution in [2.45, 2.75) is 53.4 Å². The average Bonchev–Trinajstić information content (AvgIpc) is 2.26. The van der Waals surface area contributed by atoms with Crippen molar-refractivity contribution in [2.75, 3.05) is 0 Å². The summed E-state index contributed by atoms with van der Waals surface area (Å²) in [7, 11) is 0. The molecule has 1 atom stereocenters. The van der Waals surface area contributed by atoms with Gasteiger partial charge in [0.2, 0.25) is 0 Å². The van der Waals surface area contributed by atoms with E-state index < -0.39 is 11.9 Å². The van der Waals surface area contributed by atoms with Crippen LogP contribution < -0.4 is 113 Å². The van der Waals surface area contributed by atoms with Crippen molar-refractivity contribution in [1.29, 1.82) is 0 Å². The summed E-state index contributed by atoms with van der Waals surface area (Å²) >= 11 is 0. The van der Waals surface area contributed by atoms with Crippen molar-refractivity contribution in [3.05, 3.63) is 23.3 Å². The third kappa shape index (κ3) is 15.2. The average molecular weight is 359 g/mol. The van der Waals surface area contributed by atoms with Gasteiger partial charge in [-0.15, -0.1) is 0 Å². The number of hydrogen-bond donors (Lipinski definition) is 0. The Labute approximate surface area is 219 Å². The van der Waals surface area contributed by atoms with Crippen LogP contribution in [0.4, 0.5) is 0 Å². The molecule has 0 amide bonds. The van der Waals surface area contributed by atoms with E-state index in [-0.39, 0.29) is 114 Å². The molecule has 0 saturated heterocycles. The fraction of sp³-hybridized carbons (Fsp3) is 0.625. The molecule has 0 radical (unpaired) electrons. The second-order valence-electron chi connectivity index (χ2n) is 5.72. The number of carbonyl (C=O) groups excluding carboxylic acids is 2. The van der Waals surface area contributed by atoms with E-state index in [0.29, 0.717) is 18.3 Å². The number of aliphatic carboxylic acids is 2. The molecule has 0 N–H and O–H groups in total. The Kier molecular flexibility index (Phi) is 21.0. The van der Waals surface area contributed by atoms with Gasteiger partial charge >= 0.3 is 103 Å². The van der Waals surface area contributed by atoms with Crippen LogP contribution in [0.15, 0.2) is 23.3 Å². The van der Waals surface area contributed by atoms with Crippen molar-refractivity contribution in [2.24, 2.45) is 11.8 Å². The molecule has 0 aliphatic heterocycles. The number of allylic oxidation sites excluding steroid dienone is 1. The Bertz CT molecular complexity index is 401. The van der Waals surface area contributed by atoms with Crippen molar-refractivity contribution < 1.29 is 123 Å². The molecule has 22 heavy (non-hydrogen) atoms. The van der Waals surface area contributed by atoms with Crippen LogP contribution in [-0.2, 0) is 9.59 Å². The van der Waals surface area contributed by atoms with Crippen LogP contribution in [0.3, 0.4) is 0 Å². The Balaban J connectivity index is -0.00000180. The maximum atomic E-state index is 11.0. The molecule has 0 fully saturated rings. The SMILES string of the molecule is CC(=C\C(=O)[O-])/C(=C\CC(C)CCCC(C)C)C(=O)[O-].[K+].[K+]. The van der Waals surface area contributed by atoms with E-state index in [9.17, 15) is 19.8 Å². The second kappa shape index (κ2) is 16.2. The van der Waals surface area contributed by atoms with Gasteiger partial charge in [-0.1, -0.05) is 46.1 Å². The Hall–Kier alpha value is 1.69. The Morgan fingerprint density at radius 1 is 1.05 bits per heavy atom. The molecule has 6 heteroatoms. The van der Waals surface area contributed by atoms with Crippen LogP contribution >= 0.6 is 0 Å². The predicted octanol–water partition coefficient (Wildman–Crippen LogP) is -4.78. The van der Waals surface area contributed by atoms with Crippen LogP contribution in [0.2, 0.25) is 0 Å². The number of carbonyl (C=O) groups is 2. The number of hydrogen-bond acceptors (Lipinski definition) is 4. The van der Waals surface area contributed by atoms with Crippen molar-refractivity contribution in [1.82, 2.24) is 0 Å². The van der Waals surface area contributed by atoms with Crippen LogP contribution in [0, 0.1) is 11.8 Å². The molecule has 0 rings (SSSR count). The summed E-state index contributed by atoms with van der Waals surface area (Å²) in [5, 5.41) is 21.5. The van der Waals surface area contributed by atoms with Crippen LogP contribution in [0.25, 0.3) is 0 Å². The van der Waals surface area contributed by atoms with Gasteiger partial charge in [0.1, 0.15) is 0 Å². The molecule has 0 aliphatic carbocycles. The minimum atomic E-state index is -1.40. The van der Waals surface area contributed by atoms with Gasteiger partial charge in [-0.2, -0.15) is 0 Å². The first-order valence-electron chi connectivity index (χ1n) is 7.05. The van der Waals surface area contributed by atoms with Gasteiger partial charge in [0, 0.05) is 0 Å². The van der Waals surface area contributed by atoms with Gasteiger partial charge in [-0.05, 0) is 42.4 Å². The monoisotopic (exact) mass is 358 g/mol. The summed E-state index contributed by atoms with van der Waals surface area (Å²) in [6.07, 6.45) is 6.22. The molecule has 0 aromatic rings. The summed E-state index contributed by atoms with van der Waals surface area (Å²) in [4.78, 5) is 21.5. The van der Waals surface area contributed by atoms with Crippen molar-refractivity contribution in [3.63, 3.8) is 0 Å². The summed E-state index contributed by atoms with van der Waals surface area (Å²) in [5.74, 6) is -1.72. The van der Waals surface area contributed by atoms with E-state index in [4.69, 9.17) is 0 Å². The molecular weight excluding hydrogens is 334 g/mol. The van der Waals surface area contributed by atoms with Crippen LogP contribution in [-0.4, -0.2) is 11.9 Å². The third-order valence-electron chi connectivity index (χ3n) is 3.18. The zero-order valence-electron chi connectivity index (χ0n) is 14.8. The Morgan fingerprint density at radius 2 is 1.59 bits per heavy atom. The fourth-order valence-electron chi connectivity index (χ4n) is 1.97. The van der Waals surface area contributed by atoms with Gasteiger partial charge in [0.05, 0.1) is 11.9 Å². The molecule has 0 aliphatic rings. The van der Waals surface area contributed by atoms with E-state index in [1.807, 2.05) is 0 Å². The topological polar surface area (TPSA) is 80.3 Å². The molecule has 0 bridgehead atoms. The molecule has 0 spiro atoms. The quantitative estimate of drug-likeness (QED) is 0.235. The van der Waals surface area contributed by atoms with E-state index in [2.05, 4.69) is 20.8 Å². The molecule has 1 unspecified atom stereocenters. The molecule has 0 aromatic carbocycles. The minimum absolute atomic E-state index is 0. The minimum Gasteiger partial charge on any atom is -0.545 e. The summed E-state index contributed by atoms with van der Waals surface area (Å²) < 4.78 is 0. The van der Waals surface area contributed by atoms with Crippen LogP contribution in [0.1, 0.15) is 53.4 Å². The summed E-state index contributed by atoms with van der Waals surface area (Å²) in [6.45, 7) is 7.84. The van der Waals surface area contributed by atoms with Crippen molar-refractivity contribution in [3.8, 4) is 0 Å². The van der Waals surface area contributed by atoms with Crippen molar-refractivity contribution >= 4 is 11.9 Å². The molecule has 0 heterocycles. The maximum absolute atomic E-state index is 11.0. The fourth-order valence-corrected chi connectivity index (χ4v) is 1.97. The molecule has 114 valence electrons. The van der Waals surface area contributed by atoms with Crippen LogP contribution in [0.5, 0.6) is 0 Å². The van der Waals surface area contributed by atoms with Gasteiger partial charge in [0.15, 0.2) is 0 Å². The summed E-state index contributed by atoms with van der Waals surface area (Å²) in [6, 6.07) is 0. The zero-order valence-corrected chi connectivity index (χ0v) is 21.0. The smallest absolute Gasteiger partial charge is 0.545 e. The second-order valence-corrected chi connectivity index (χ2v) is 5.72. The van der Waals surface area contributed by atoms with E-state index >= 15 is 0 Å². The van der Waals surface area contributed by atoms with Gasteiger partial charge in [-0.25, -0.2) is 0 Å². The zero-order chi connectivity index (χ0) is 15.7. The molecule has 4 nitrogen and oxygen atoms in total. The van der Waals surface area contributed by atoms with E-state index in [0.717, 1.165) is 25.3 Å². The van der Waals surface area contributed by atoms with Gasteiger partial charge in [-0.3, -0.25) is 0 Å². The first-order chi connectivity index (χ1) is 9.23. The first kappa shape index (κ1) is 28.5. The standard InChI is InChI=1S/C16H26O4.2K/c1-11(2)6-5-7-12(3)8-9-14(16(19)20)13(4)10-15(17)18;;/h9-12H,5-8H2,1-4H3,(H,17,18)(H,19,20);;/q;2*+1/p-2/b13-10+,14-9+;;. The molecule has 0 saturated carbocycles. The number of carboxylic acid groups (broad SMARTS) is 2. The third-order valence-corrected chi connectivity index (χ3v) is 3.18. The van der Waals surface area contributed by atoms with E-state index in [1.165, 1.54) is 6.92 Å².